The third-order valence-electron chi connectivity index (χ3n) is 3.52. The van der Waals surface area contributed by atoms with Gasteiger partial charge in [-0.1, -0.05) is 18.2 Å². The van der Waals surface area contributed by atoms with Crippen LogP contribution < -0.4 is 5.11 Å². The summed E-state index contributed by atoms with van der Waals surface area (Å²) in [7, 11) is -0.769. The Balaban J connectivity index is 2.21. The number of carbonyl (C=O) groups is 1. The molecule has 2 aromatic carbocycles. The van der Waals surface area contributed by atoms with Gasteiger partial charge in [-0.25, -0.2) is 12.7 Å². The average Bonchev–Trinajstić information content (AvgIpc) is 2.60. The fraction of sp³-hybridized carbons (Fsp3) is 0.118. The number of allylic oxidation sites excluding steroid dienone is 1. The topological polar surface area (TPSA) is 121 Å². The first kappa shape index (κ1) is 19.3. The van der Waals surface area contributed by atoms with Gasteiger partial charge in [0.05, 0.1) is 9.82 Å². The van der Waals surface area contributed by atoms with Crippen molar-refractivity contribution in [1.29, 1.82) is 0 Å². The summed E-state index contributed by atoms with van der Waals surface area (Å²) in [4.78, 5) is 22.2. The zero-order chi connectivity index (χ0) is 19.5. The highest BCUT2D eigenvalue weighted by Crippen LogP contribution is 2.24. The smallest absolute Gasteiger partial charge is 0.262 e. The number of carbonyl (C=O) groups excluding carboxylic acids is 1. The Kier molecular flexibility index (Phi) is 5.53. The largest absolute Gasteiger partial charge is 0.868 e. The van der Waals surface area contributed by atoms with Crippen molar-refractivity contribution in [1.82, 2.24) is 4.31 Å². The maximum absolute atomic E-state index is 12.2. The van der Waals surface area contributed by atoms with E-state index >= 15 is 0 Å². The van der Waals surface area contributed by atoms with Crippen molar-refractivity contribution in [2.24, 2.45) is 0 Å². The molecule has 0 unspecified atom stereocenters. The van der Waals surface area contributed by atoms with Crippen LogP contribution >= 0.6 is 0 Å². The van der Waals surface area contributed by atoms with E-state index in [0.717, 1.165) is 16.4 Å². The lowest BCUT2D eigenvalue weighted by atomic mass is 10.1. The second-order valence-electron chi connectivity index (χ2n) is 5.49. The Labute approximate surface area is 150 Å². The molecule has 136 valence electrons. The van der Waals surface area contributed by atoms with Crippen LogP contribution in [0.4, 0.5) is 5.69 Å². The lowest BCUT2D eigenvalue weighted by Gasteiger charge is -2.11. The van der Waals surface area contributed by atoms with Gasteiger partial charge in [-0.15, -0.1) is 0 Å². The third kappa shape index (κ3) is 4.13. The van der Waals surface area contributed by atoms with Crippen LogP contribution in [0.2, 0.25) is 0 Å². The number of rotatable bonds is 6. The van der Waals surface area contributed by atoms with Crippen LogP contribution in [-0.4, -0.2) is 37.5 Å². The molecule has 0 radical (unpaired) electrons. The third-order valence-corrected chi connectivity index (χ3v) is 5.35. The van der Waals surface area contributed by atoms with Gasteiger partial charge in [0, 0.05) is 25.7 Å². The molecular formula is C17H15N2O6S-. The molecule has 0 fully saturated rings. The molecule has 0 aliphatic rings. The molecule has 0 saturated heterocycles. The molecule has 0 N–H and O–H groups in total. The summed E-state index contributed by atoms with van der Waals surface area (Å²) in [6.45, 7) is 0. The number of hydrogen-bond acceptors (Lipinski definition) is 6. The predicted octanol–water partition coefficient (Wildman–Crippen LogP) is 1.81. The Morgan fingerprint density at radius 1 is 1.12 bits per heavy atom. The Morgan fingerprint density at radius 2 is 1.73 bits per heavy atom. The fourth-order valence-electron chi connectivity index (χ4n) is 2.05. The molecule has 0 saturated carbocycles. The average molecular weight is 375 g/mol. The van der Waals surface area contributed by atoms with Crippen molar-refractivity contribution in [2.45, 2.75) is 4.90 Å². The Morgan fingerprint density at radius 3 is 2.27 bits per heavy atom. The van der Waals surface area contributed by atoms with E-state index in [1.54, 1.807) is 0 Å². The monoisotopic (exact) mass is 375 g/mol. The lowest BCUT2D eigenvalue weighted by molar-refractivity contribution is -0.398. The van der Waals surface area contributed by atoms with E-state index in [-0.39, 0.29) is 10.5 Å². The molecule has 9 heteroatoms. The summed E-state index contributed by atoms with van der Waals surface area (Å²) >= 11 is 0. The van der Waals surface area contributed by atoms with E-state index in [4.69, 9.17) is 0 Å². The summed E-state index contributed by atoms with van der Waals surface area (Å²) in [5.74, 6) is -1.12. The van der Waals surface area contributed by atoms with Gasteiger partial charge >= 0.3 is 0 Å². The SMILES string of the molecule is CN(C)S(=O)(=O)c1ccc(C(=O)/C=C/c2ccc([O-])c([N+](=O)[O-])c2)cc1. The molecule has 0 bridgehead atoms. The van der Waals surface area contributed by atoms with Crippen LogP contribution in [0, 0.1) is 10.1 Å². The predicted molar refractivity (Wildman–Crippen MR) is 93.2 cm³/mol. The quantitative estimate of drug-likeness (QED) is 0.329. The van der Waals surface area contributed by atoms with Gasteiger partial charge in [-0.05, 0) is 41.7 Å². The Bertz CT molecular complexity index is 979. The van der Waals surface area contributed by atoms with E-state index in [1.165, 1.54) is 56.6 Å². The van der Waals surface area contributed by atoms with Crippen LogP contribution in [-0.2, 0) is 10.0 Å². The molecule has 0 heterocycles. The van der Waals surface area contributed by atoms with Crippen LogP contribution in [0.25, 0.3) is 6.08 Å². The molecule has 0 aromatic heterocycles. The minimum atomic E-state index is -3.58. The first-order valence-corrected chi connectivity index (χ1v) is 8.77. The van der Waals surface area contributed by atoms with E-state index in [9.17, 15) is 28.4 Å². The van der Waals surface area contributed by atoms with Gasteiger partial charge in [-0.2, -0.15) is 0 Å². The molecule has 0 amide bonds. The number of ketones is 1. The maximum atomic E-state index is 12.2. The van der Waals surface area contributed by atoms with Gasteiger partial charge < -0.3 is 5.11 Å². The molecule has 0 aliphatic carbocycles. The van der Waals surface area contributed by atoms with Crippen molar-refractivity contribution in [2.75, 3.05) is 14.1 Å². The molecule has 0 aliphatic heterocycles. The van der Waals surface area contributed by atoms with Crippen molar-refractivity contribution in [3.63, 3.8) is 0 Å². The number of nitro groups is 1. The highest BCUT2D eigenvalue weighted by Gasteiger charge is 2.17. The minimum absolute atomic E-state index is 0.0599. The minimum Gasteiger partial charge on any atom is -0.868 e. The van der Waals surface area contributed by atoms with Gasteiger partial charge in [-0.3, -0.25) is 14.9 Å². The van der Waals surface area contributed by atoms with E-state index < -0.39 is 32.2 Å². The van der Waals surface area contributed by atoms with Crippen LogP contribution in [0.1, 0.15) is 15.9 Å². The second-order valence-corrected chi connectivity index (χ2v) is 7.65. The summed E-state index contributed by atoms with van der Waals surface area (Å²) < 4.78 is 25.0. The number of sulfonamides is 1. The fourth-order valence-corrected chi connectivity index (χ4v) is 2.95. The second kappa shape index (κ2) is 7.46. The van der Waals surface area contributed by atoms with Crippen molar-refractivity contribution in [3.8, 4) is 5.75 Å². The first-order valence-electron chi connectivity index (χ1n) is 7.33. The molecule has 2 rings (SSSR count). The molecule has 2 aromatic rings. The normalized spacial score (nSPS) is 11.8. The number of hydrogen-bond donors (Lipinski definition) is 0. The summed E-state index contributed by atoms with van der Waals surface area (Å²) in [6, 6.07) is 8.92. The van der Waals surface area contributed by atoms with Gasteiger partial charge in [0.1, 0.15) is 0 Å². The molecular weight excluding hydrogens is 360 g/mol. The van der Waals surface area contributed by atoms with Gasteiger partial charge in [0.2, 0.25) is 10.0 Å². The first-order chi connectivity index (χ1) is 12.1. The van der Waals surface area contributed by atoms with Crippen LogP contribution in [0.5, 0.6) is 5.75 Å². The summed E-state index contributed by atoms with van der Waals surface area (Å²) in [6.07, 6.45) is 2.54. The zero-order valence-corrected chi connectivity index (χ0v) is 14.8. The molecule has 8 nitrogen and oxygen atoms in total. The van der Waals surface area contributed by atoms with Crippen molar-refractivity contribution >= 4 is 27.6 Å². The Hall–Kier alpha value is -3.04. The summed E-state index contributed by atoms with van der Waals surface area (Å²) in [5, 5.41) is 22.1. The van der Waals surface area contributed by atoms with Crippen molar-refractivity contribution in [3.05, 3.63) is 69.8 Å². The number of nitrogens with zero attached hydrogens (tertiary/aromatic N) is 2. The molecule has 0 atom stereocenters. The standard InChI is InChI=1S/C17H16N2O6S/c1-18(2)26(24,25)14-7-5-13(6-8-14)16(20)9-3-12-4-10-17(21)15(11-12)19(22)23/h3-11,21H,1-2H3/p-1/b9-3+. The van der Waals surface area contributed by atoms with Crippen molar-refractivity contribution < 1.29 is 23.2 Å². The molecule has 0 spiro atoms. The maximum Gasteiger partial charge on any atom is 0.262 e. The lowest BCUT2D eigenvalue weighted by Crippen LogP contribution is -2.22. The number of benzene rings is 2. The summed E-state index contributed by atoms with van der Waals surface area (Å²) in [5.41, 5.74) is 0.0169. The molecule has 26 heavy (non-hydrogen) atoms. The van der Waals surface area contributed by atoms with Crippen LogP contribution in [0.15, 0.2) is 53.4 Å². The van der Waals surface area contributed by atoms with E-state index in [1.807, 2.05) is 0 Å². The van der Waals surface area contributed by atoms with Crippen LogP contribution in [0.3, 0.4) is 0 Å². The van der Waals surface area contributed by atoms with Gasteiger partial charge in [0.25, 0.3) is 5.69 Å². The number of nitro benzene ring substituents is 1. The van der Waals surface area contributed by atoms with E-state index in [0.29, 0.717) is 5.56 Å². The highest BCUT2D eigenvalue weighted by atomic mass is 32.2. The zero-order valence-electron chi connectivity index (χ0n) is 13.9. The van der Waals surface area contributed by atoms with E-state index in [2.05, 4.69) is 0 Å². The van der Waals surface area contributed by atoms with Gasteiger partial charge in [0.15, 0.2) is 5.78 Å². The highest BCUT2D eigenvalue weighted by molar-refractivity contribution is 7.89.